The third-order valence-electron chi connectivity index (χ3n) is 5.88. The van der Waals surface area contributed by atoms with Gasteiger partial charge in [-0.2, -0.15) is 5.10 Å². The molecule has 0 radical (unpaired) electrons. The average Bonchev–Trinajstić information content (AvgIpc) is 3.55. The Morgan fingerprint density at radius 3 is 2.38 bits per heavy atom. The highest BCUT2D eigenvalue weighted by Crippen LogP contribution is 2.25. The van der Waals surface area contributed by atoms with Crippen LogP contribution in [0.3, 0.4) is 0 Å². The maximum atomic E-state index is 13.2. The fraction of sp³-hybridized carbons (Fsp3) is 0.500. The fourth-order valence-electron chi connectivity index (χ4n) is 4.00. The Morgan fingerprint density at radius 1 is 1.02 bits per heavy atom. The van der Waals surface area contributed by atoms with Crippen LogP contribution in [0.15, 0.2) is 35.2 Å². The molecule has 0 aromatic carbocycles. The zero-order valence-corrected chi connectivity index (χ0v) is 26.7. The van der Waals surface area contributed by atoms with Crippen molar-refractivity contribution in [2.45, 2.75) is 78.4 Å². The molecule has 3 aromatic heterocycles. The minimum Gasteiger partial charge on any atom is -0.476 e. The molecule has 15 nitrogen and oxygen atoms in total. The van der Waals surface area contributed by atoms with Gasteiger partial charge in [0.1, 0.15) is 23.3 Å². The van der Waals surface area contributed by atoms with Gasteiger partial charge in [-0.25, -0.2) is 24.4 Å². The second-order valence-corrected chi connectivity index (χ2v) is 12.2. The van der Waals surface area contributed by atoms with E-state index in [0.717, 1.165) is 25.5 Å². The standard InChI is InChI=1S/C30H41N7O8/c1-29(2,3)44-27(41)32-13-10-8-9-11-15-37(28(42)45-30(4,5)6)22-16-19(12-14-31-22)25-34-21(18-43-25)24(38)33-20-17-36(7)35-23(20)26(39)40/h12,14,16-18H,8-11,13,15H2,1-7H3,(H,32,41)(H,33,38)(H,39,40). The van der Waals surface area contributed by atoms with E-state index in [-0.39, 0.29) is 23.0 Å². The van der Waals surface area contributed by atoms with Crippen LogP contribution in [0.5, 0.6) is 0 Å². The number of carboxylic acids is 1. The van der Waals surface area contributed by atoms with Crippen molar-refractivity contribution < 1.29 is 38.2 Å². The molecule has 3 N–H and O–H groups in total. The van der Waals surface area contributed by atoms with Gasteiger partial charge in [0, 0.05) is 38.1 Å². The molecule has 0 saturated carbocycles. The minimum atomic E-state index is -1.29. The van der Waals surface area contributed by atoms with Crippen molar-refractivity contribution in [2.24, 2.45) is 7.05 Å². The Hall–Kier alpha value is -4.95. The molecule has 3 heterocycles. The number of nitrogens with zero attached hydrogens (tertiary/aromatic N) is 5. The Labute approximate surface area is 261 Å². The zero-order valence-electron chi connectivity index (χ0n) is 26.7. The van der Waals surface area contributed by atoms with Crippen molar-refractivity contribution in [3.05, 3.63) is 42.2 Å². The molecule has 3 rings (SSSR count). The van der Waals surface area contributed by atoms with Crippen molar-refractivity contribution in [1.29, 1.82) is 0 Å². The fourth-order valence-corrected chi connectivity index (χ4v) is 4.00. The third kappa shape index (κ3) is 10.9. The summed E-state index contributed by atoms with van der Waals surface area (Å²) in [4.78, 5) is 59.2. The molecule has 0 saturated heterocycles. The van der Waals surface area contributed by atoms with Gasteiger partial charge in [-0.05, 0) is 66.5 Å². The van der Waals surface area contributed by atoms with E-state index in [9.17, 15) is 24.3 Å². The van der Waals surface area contributed by atoms with Gasteiger partial charge in [0.05, 0.1) is 5.69 Å². The number of carboxylic acid groups (broad SMARTS) is 1. The van der Waals surface area contributed by atoms with Crippen LogP contribution in [0, 0.1) is 0 Å². The van der Waals surface area contributed by atoms with Crippen LogP contribution >= 0.6 is 0 Å². The van der Waals surface area contributed by atoms with Gasteiger partial charge in [0.15, 0.2) is 11.4 Å². The van der Waals surface area contributed by atoms with Crippen LogP contribution in [-0.4, -0.2) is 73.2 Å². The molecular formula is C30H41N7O8. The summed E-state index contributed by atoms with van der Waals surface area (Å²) in [7, 11) is 1.53. The van der Waals surface area contributed by atoms with Crippen molar-refractivity contribution in [2.75, 3.05) is 23.3 Å². The number of oxazole rings is 1. The molecule has 15 heteroatoms. The number of aryl methyl sites for hydroxylation is 1. The summed E-state index contributed by atoms with van der Waals surface area (Å²) in [5.41, 5.74) is -1.23. The smallest absolute Gasteiger partial charge is 0.416 e. The molecule has 3 amide bonds. The Bertz CT molecular complexity index is 1500. The van der Waals surface area contributed by atoms with Crippen LogP contribution in [0.1, 0.15) is 88.2 Å². The summed E-state index contributed by atoms with van der Waals surface area (Å²) in [6, 6.07) is 3.22. The molecule has 0 aliphatic rings. The molecule has 0 aliphatic carbocycles. The number of alkyl carbamates (subject to hydrolysis) is 1. The number of anilines is 2. The number of nitrogens with one attached hydrogen (secondary N) is 2. The van der Waals surface area contributed by atoms with E-state index in [1.165, 1.54) is 29.0 Å². The molecule has 0 unspecified atom stereocenters. The number of carbonyl (C=O) groups excluding carboxylic acids is 3. The number of amides is 3. The first kappa shape index (κ1) is 34.5. The number of ether oxygens (including phenoxy) is 2. The molecule has 0 spiro atoms. The van der Waals surface area contributed by atoms with Crippen LogP contribution < -0.4 is 15.5 Å². The van der Waals surface area contributed by atoms with Crippen molar-refractivity contribution in [3.8, 4) is 11.5 Å². The molecule has 3 aromatic rings. The molecule has 244 valence electrons. The topological polar surface area (TPSA) is 191 Å². The van der Waals surface area contributed by atoms with Crippen LogP contribution in [0.2, 0.25) is 0 Å². The van der Waals surface area contributed by atoms with E-state index in [1.807, 2.05) is 0 Å². The van der Waals surface area contributed by atoms with E-state index >= 15 is 0 Å². The van der Waals surface area contributed by atoms with Gasteiger partial charge in [-0.1, -0.05) is 12.8 Å². The van der Waals surface area contributed by atoms with Crippen LogP contribution in [0.4, 0.5) is 21.1 Å². The van der Waals surface area contributed by atoms with Gasteiger partial charge in [0.2, 0.25) is 5.89 Å². The Morgan fingerprint density at radius 2 is 1.71 bits per heavy atom. The van der Waals surface area contributed by atoms with Gasteiger partial charge < -0.3 is 29.6 Å². The van der Waals surface area contributed by atoms with Gasteiger partial charge >= 0.3 is 18.2 Å². The number of aromatic nitrogens is 4. The molecule has 0 aliphatic heterocycles. The quantitative estimate of drug-likeness (QED) is 0.222. The minimum absolute atomic E-state index is 0.0121. The van der Waals surface area contributed by atoms with E-state index < -0.39 is 35.3 Å². The lowest BCUT2D eigenvalue weighted by atomic mass is 10.2. The summed E-state index contributed by atoms with van der Waals surface area (Å²) in [5.74, 6) is -1.58. The van der Waals surface area contributed by atoms with Crippen molar-refractivity contribution in [3.63, 3.8) is 0 Å². The second kappa shape index (κ2) is 14.7. The number of carbonyl (C=O) groups is 4. The second-order valence-electron chi connectivity index (χ2n) is 12.2. The third-order valence-corrected chi connectivity index (χ3v) is 5.88. The van der Waals surface area contributed by atoms with Gasteiger partial charge in [0.25, 0.3) is 5.91 Å². The molecule has 0 atom stereocenters. The highest BCUT2D eigenvalue weighted by molar-refractivity contribution is 6.06. The molecule has 0 fully saturated rings. The van der Waals surface area contributed by atoms with Crippen molar-refractivity contribution in [1.82, 2.24) is 25.1 Å². The predicted molar refractivity (Wildman–Crippen MR) is 164 cm³/mol. The molecule has 0 bridgehead atoms. The normalized spacial score (nSPS) is 11.5. The maximum Gasteiger partial charge on any atom is 0.416 e. The SMILES string of the molecule is Cn1cc(NC(=O)c2coc(-c3ccnc(N(CCCCCCNC(=O)OC(C)(C)C)C(=O)OC(C)(C)C)c3)n2)c(C(=O)O)n1. The first-order chi connectivity index (χ1) is 21.0. The number of hydrogen-bond acceptors (Lipinski definition) is 10. The van der Waals surface area contributed by atoms with Gasteiger partial charge in [-0.15, -0.1) is 0 Å². The highest BCUT2D eigenvalue weighted by Gasteiger charge is 2.25. The zero-order chi connectivity index (χ0) is 33.4. The predicted octanol–water partition coefficient (Wildman–Crippen LogP) is 5.25. The number of pyridine rings is 1. The summed E-state index contributed by atoms with van der Waals surface area (Å²) in [6.07, 6.45) is 5.97. The molecular weight excluding hydrogens is 586 g/mol. The number of aromatic carboxylic acids is 1. The monoisotopic (exact) mass is 627 g/mol. The van der Waals surface area contributed by atoms with Crippen LogP contribution in [-0.2, 0) is 16.5 Å². The Kier molecular flexibility index (Phi) is 11.3. The van der Waals surface area contributed by atoms with Crippen molar-refractivity contribution >= 4 is 35.6 Å². The van der Waals surface area contributed by atoms with E-state index in [4.69, 9.17) is 13.9 Å². The molecule has 45 heavy (non-hydrogen) atoms. The summed E-state index contributed by atoms with van der Waals surface area (Å²) in [6.45, 7) is 11.5. The largest absolute Gasteiger partial charge is 0.476 e. The van der Waals surface area contributed by atoms with E-state index in [2.05, 4.69) is 25.7 Å². The van der Waals surface area contributed by atoms with Crippen LogP contribution in [0.25, 0.3) is 11.5 Å². The highest BCUT2D eigenvalue weighted by atomic mass is 16.6. The summed E-state index contributed by atoms with van der Waals surface area (Å²) >= 11 is 0. The lowest BCUT2D eigenvalue weighted by molar-refractivity contribution is 0.0523. The number of unbranched alkanes of at least 4 members (excludes halogenated alkanes) is 3. The summed E-state index contributed by atoms with van der Waals surface area (Å²) in [5, 5.41) is 18.4. The number of hydrogen-bond donors (Lipinski definition) is 3. The average molecular weight is 628 g/mol. The lowest BCUT2D eigenvalue weighted by Gasteiger charge is -2.27. The van der Waals surface area contributed by atoms with Gasteiger partial charge in [-0.3, -0.25) is 14.4 Å². The Balaban J connectivity index is 1.66. The van der Waals surface area contributed by atoms with E-state index in [1.54, 1.807) is 53.7 Å². The summed E-state index contributed by atoms with van der Waals surface area (Å²) < 4.78 is 17.7. The first-order valence-corrected chi connectivity index (χ1v) is 14.5. The first-order valence-electron chi connectivity index (χ1n) is 14.5. The van der Waals surface area contributed by atoms with E-state index in [0.29, 0.717) is 30.9 Å². The lowest BCUT2D eigenvalue weighted by Crippen LogP contribution is -2.38. The number of rotatable bonds is 12. The maximum absolute atomic E-state index is 13.2.